The molecule has 94 valence electrons. The van der Waals surface area contributed by atoms with Gasteiger partial charge in [0, 0.05) is 5.02 Å². The number of esters is 1. The SMILES string of the molecule is CCOC(=O)C(F)(F)[C@H](O)c1cccc(Cl)c1. The summed E-state index contributed by atoms with van der Waals surface area (Å²) >= 11 is 5.61. The largest absolute Gasteiger partial charge is 0.461 e. The van der Waals surface area contributed by atoms with Crippen LogP contribution in [0, 0.1) is 0 Å². The Balaban J connectivity index is 2.95. The van der Waals surface area contributed by atoms with Gasteiger partial charge in [0.15, 0.2) is 6.10 Å². The standard InChI is InChI=1S/C11H11ClF2O3/c1-2-17-10(16)11(13,14)9(15)7-4-3-5-8(12)6-7/h3-6,9,15H,2H2,1H3/t9-/m1/s1. The summed E-state index contributed by atoms with van der Waals surface area (Å²) in [5.74, 6) is -5.76. The van der Waals surface area contributed by atoms with Crippen molar-refractivity contribution in [1.82, 2.24) is 0 Å². The summed E-state index contributed by atoms with van der Waals surface area (Å²) < 4.78 is 31.1. The van der Waals surface area contributed by atoms with Crippen molar-refractivity contribution in [3.63, 3.8) is 0 Å². The molecule has 0 radical (unpaired) electrons. The third-order valence-electron chi connectivity index (χ3n) is 2.06. The smallest absolute Gasteiger partial charge is 0.380 e. The first-order valence-electron chi connectivity index (χ1n) is 4.88. The Hall–Kier alpha value is -1.20. The van der Waals surface area contributed by atoms with E-state index >= 15 is 0 Å². The van der Waals surface area contributed by atoms with Crippen LogP contribution in [0.25, 0.3) is 0 Å². The summed E-state index contributed by atoms with van der Waals surface area (Å²) in [5.41, 5.74) is -0.143. The second-order valence-corrected chi connectivity index (χ2v) is 3.74. The molecule has 17 heavy (non-hydrogen) atoms. The summed E-state index contributed by atoms with van der Waals surface area (Å²) in [6.45, 7) is 1.22. The lowest BCUT2D eigenvalue weighted by molar-refractivity contribution is -0.189. The van der Waals surface area contributed by atoms with Gasteiger partial charge in [0.1, 0.15) is 0 Å². The zero-order valence-electron chi connectivity index (χ0n) is 8.99. The summed E-state index contributed by atoms with van der Waals surface area (Å²) in [7, 11) is 0. The third-order valence-corrected chi connectivity index (χ3v) is 2.29. The summed E-state index contributed by atoms with van der Waals surface area (Å²) in [6, 6.07) is 5.30. The average molecular weight is 265 g/mol. The zero-order valence-corrected chi connectivity index (χ0v) is 9.75. The second kappa shape index (κ2) is 5.42. The minimum atomic E-state index is -4.00. The highest BCUT2D eigenvalue weighted by molar-refractivity contribution is 6.30. The highest BCUT2D eigenvalue weighted by Gasteiger charge is 2.49. The maximum Gasteiger partial charge on any atom is 0.380 e. The molecule has 0 saturated heterocycles. The molecule has 1 N–H and O–H groups in total. The van der Waals surface area contributed by atoms with Crippen molar-refractivity contribution >= 4 is 17.6 Å². The van der Waals surface area contributed by atoms with Crippen molar-refractivity contribution in [2.75, 3.05) is 6.61 Å². The third kappa shape index (κ3) is 3.14. The van der Waals surface area contributed by atoms with Crippen molar-refractivity contribution in [3.05, 3.63) is 34.9 Å². The van der Waals surface area contributed by atoms with Crippen LogP contribution in [-0.4, -0.2) is 23.6 Å². The lowest BCUT2D eigenvalue weighted by Gasteiger charge is -2.20. The molecular formula is C11H11ClF2O3. The van der Waals surface area contributed by atoms with E-state index in [4.69, 9.17) is 11.6 Å². The van der Waals surface area contributed by atoms with E-state index in [0.29, 0.717) is 0 Å². The van der Waals surface area contributed by atoms with E-state index in [2.05, 4.69) is 4.74 Å². The van der Waals surface area contributed by atoms with Gasteiger partial charge in [0.05, 0.1) is 6.61 Å². The number of rotatable bonds is 4. The van der Waals surface area contributed by atoms with Crippen LogP contribution in [-0.2, 0) is 9.53 Å². The van der Waals surface area contributed by atoms with Crippen LogP contribution in [0.5, 0.6) is 0 Å². The van der Waals surface area contributed by atoms with Gasteiger partial charge in [0.25, 0.3) is 0 Å². The molecule has 6 heteroatoms. The van der Waals surface area contributed by atoms with Crippen LogP contribution in [0.3, 0.4) is 0 Å². The predicted octanol–water partition coefficient (Wildman–Crippen LogP) is 2.57. The molecule has 1 aromatic carbocycles. The molecule has 0 aliphatic carbocycles. The van der Waals surface area contributed by atoms with E-state index in [0.717, 1.165) is 0 Å². The van der Waals surface area contributed by atoms with E-state index in [-0.39, 0.29) is 17.2 Å². The van der Waals surface area contributed by atoms with Gasteiger partial charge in [-0.15, -0.1) is 0 Å². The number of alkyl halides is 2. The summed E-state index contributed by atoms with van der Waals surface area (Å²) in [5, 5.41) is 9.66. The summed E-state index contributed by atoms with van der Waals surface area (Å²) in [4.78, 5) is 11.0. The minimum absolute atomic E-state index is 0.143. The van der Waals surface area contributed by atoms with E-state index in [9.17, 15) is 18.7 Å². The fourth-order valence-corrected chi connectivity index (χ4v) is 1.42. The van der Waals surface area contributed by atoms with E-state index < -0.39 is 18.0 Å². The molecule has 0 heterocycles. The van der Waals surface area contributed by atoms with Crippen molar-refractivity contribution < 1.29 is 23.4 Å². The van der Waals surface area contributed by atoms with Crippen LogP contribution in [0.1, 0.15) is 18.6 Å². The van der Waals surface area contributed by atoms with Crippen LogP contribution < -0.4 is 0 Å². The highest BCUT2D eigenvalue weighted by Crippen LogP contribution is 2.33. The lowest BCUT2D eigenvalue weighted by atomic mass is 10.0. The first kappa shape index (κ1) is 13.9. The Morgan fingerprint density at radius 1 is 1.59 bits per heavy atom. The van der Waals surface area contributed by atoms with Gasteiger partial charge in [-0.25, -0.2) is 4.79 Å². The fourth-order valence-electron chi connectivity index (χ4n) is 1.22. The fraction of sp³-hybridized carbons (Fsp3) is 0.364. The van der Waals surface area contributed by atoms with Gasteiger partial charge in [-0.3, -0.25) is 0 Å². The predicted molar refractivity (Wildman–Crippen MR) is 58.0 cm³/mol. The average Bonchev–Trinajstić information content (AvgIpc) is 2.28. The maximum atomic E-state index is 13.4. The Morgan fingerprint density at radius 3 is 2.76 bits per heavy atom. The molecule has 0 amide bonds. The van der Waals surface area contributed by atoms with Gasteiger partial charge in [-0.2, -0.15) is 8.78 Å². The second-order valence-electron chi connectivity index (χ2n) is 3.30. The number of aliphatic hydroxyl groups excluding tert-OH is 1. The minimum Gasteiger partial charge on any atom is -0.461 e. The molecule has 0 saturated carbocycles. The van der Waals surface area contributed by atoms with Crippen LogP contribution in [0.4, 0.5) is 8.78 Å². The topological polar surface area (TPSA) is 46.5 Å². The number of carbonyl (C=O) groups excluding carboxylic acids is 1. The molecule has 1 atom stereocenters. The van der Waals surface area contributed by atoms with E-state index in [1.165, 1.54) is 31.2 Å². The zero-order chi connectivity index (χ0) is 13.1. The van der Waals surface area contributed by atoms with Gasteiger partial charge < -0.3 is 9.84 Å². The molecule has 0 aromatic heterocycles. The number of aliphatic hydroxyl groups is 1. The van der Waals surface area contributed by atoms with Gasteiger partial charge >= 0.3 is 11.9 Å². The first-order valence-corrected chi connectivity index (χ1v) is 5.26. The number of carbonyl (C=O) groups is 1. The molecule has 1 aromatic rings. The van der Waals surface area contributed by atoms with Crippen molar-refractivity contribution in [2.24, 2.45) is 0 Å². The first-order chi connectivity index (χ1) is 7.89. The van der Waals surface area contributed by atoms with E-state index in [1.807, 2.05) is 0 Å². The lowest BCUT2D eigenvalue weighted by Crippen LogP contribution is -2.37. The molecule has 0 aliphatic rings. The number of hydrogen-bond acceptors (Lipinski definition) is 3. The molecule has 0 aliphatic heterocycles. The Labute approximate surface area is 102 Å². The Morgan fingerprint density at radius 2 is 2.24 bits per heavy atom. The number of hydrogen-bond donors (Lipinski definition) is 1. The molecule has 3 nitrogen and oxygen atoms in total. The highest BCUT2D eigenvalue weighted by atomic mass is 35.5. The molecule has 0 fully saturated rings. The van der Waals surface area contributed by atoms with E-state index in [1.54, 1.807) is 0 Å². The molecule has 1 rings (SSSR count). The van der Waals surface area contributed by atoms with Gasteiger partial charge in [0.2, 0.25) is 0 Å². The van der Waals surface area contributed by atoms with Crippen molar-refractivity contribution in [2.45, 2.75) is 19.0 Å². The quantitative estimate of drug-likeness (QED) is 0.850. The molecular weight excluding hydrogens is 254 g/mol. The molecule has 0 unspecified atom stereocenters. The van der Waals surface area contributed by atoms with Crippen LogP contribution >= 0.6 is 11.6 Å². The number of ether oxygens (including phenoxy) is 1. The van der Waals surface area contributed by atoms with Crippen LogP contribution in [0.2, 0.25) is 5.02 Å². The molecule has 0 spiro atoms. The maximum absolute atomic E-state index is 13.4. The number of benzene rings is 1. The number of halogens is 3. The van der Waals surface area contributed by atoms with Gasteiger partial charge in [-0.05, 0) is 24.6 Å². The monoisotopic (exact) mass is 264 g/mol. The van der Waals surface area contributed by atoms with Crippen molar-refractivity contribution in [1.29, 1.82) is 0 Å². The molecule has 0 bridgehead atoms. The normalized spacial score (nSPS) is 13.2. The van der Waals surface area contributed by atoms with Crippen LogP contribution in [0.15, 0.2) is 24.3 Å². The van der Waals surface area contributed by atoms with Gasteiger partial charge in [-0.1, -0.05) is 23.7 Å². The Kier molecular flexibility index (Phi) is 4.42. The van der Waals surface area contributed by atoms with Crippen molar-refractivity contribution in [3.8, 4) is 0 Å². The summed E-state index contributed by atoms with van der Waals surface area (Å²) in [6.07, 6.45) is -2.28. The Bertz CT molecular complexity index is 409.